The molecule has 0 unspecified atom stereocenters. The summed E-state index contributed by atoms with van der Waals surface area (Å²) in [6.07, 6.45) is 21.5. The normalized spacial score (nSPS) is 12.3. The molecule has 2 aromatic heterocycles. The quantitative estimate of drug-likeness (QED) is 0.290. The fraction of sp³-hybridized carbons (Fsp3) is 0.643. The van der Waals surface area contributed by atoms with Crippen LogP contribution in [0.3, 0.4) is 0 Å². The Hall–Kier alpha value is -1.78. The number of hydrogen-bond acceptors (Lipinski definition) is 2. The summed E-state index contributed by atoms with van der Waals surface area (Å²) in [5, 5.41) is 20.0. The Bertz CT molecular complexity index is 689. The first-order chi connectivity index (χ1) is 15.2. The van der Waals surface area contributed by atoms with Crippen molar-refractivity contribution in [3.8, 4) is 0 Å². The van der Waals surface area contributed by atoms with Gasteiger partial charge >= 0.3 is 0 Å². The third kappa shape index (κ3) is 10.2. The van der Waals surface area contributed by atoms with Gasteiger partial charge in [0.15, 0.2) is 24.8 Å². The molecule has 0 bridgehead atoms. The van der Waals surface area contributed by atoms with Crippen LogP contribution in [0, 0.1) is 0 Å². The highest BCUT2D eigenvalue weighted by molar-refractivity contribution is 5.15. The first kappa shape index (κ1) is 26.5. The van der Waals surface area contributed by atoms with Crippen molar-refractivity contribution in [2.24, 2.45) is 0 Å². The largest absolute Gasteiger partial charge is 0.386 e. The van der Waals surface area contributed by atoms with Crippen molar-refractivity contribution < 1.29 is 19.3 Å². The van der Waals surface area contributed by atoms with E-state index in [9.17, 15) is 10.2 Å². The molecule has 2 aromatic rings. The molecule has 2 heterocycles. The number of pyridine rings is 2. The molecule has 0 fully saturated rings. The van der Waals surface area contributed by atoms with Gasteiger partial charge in [-0.1, -0.05) is 38.5 Å². The number of aryl methyl sites for hydroxylation is 2. The Balaban J connectivity index is 1.42. The minimum absolute atomic E-state index is 0.761. The molecule has 178 valence electrons. The van der Waals surface area contributed by atoms with Crippen molar-refractivity contribution in [3.05, 3.63) is 60.2 Å². The molecule has 0 radical (unpaired) electrons. The van der Waals surface area contributed by atoms with Crippen molar-refractivity contribution in [2.45, 2.75) is 116 Å². The third-order valence-electron chi connectivity index (χ3n) is 6.28. The highest BCUT2D eigenvalue weighted by Gasteiger charge is 2.17. The SMILES string of the molecule is CC(C)(O)c1cc[n+](CCCCCCCCCCCC[n+]2ccc(C(C)(C)O)cc2)cc1. The first-order valence-electron chi connectivity index (χ1n) is 12.6. The highest BCUT2D eigenvalue weighted by atomic mass is 16.3. The van der Waals surface area contributed by atoms with Crippen LogP contribution >= 0.6 is 0 Å². The van der Waals surface area contributed by atoms with Gasteiger partial charge in [0, 0.05) is 37.1 Å². The number of hydrogen-bond donors (Lipinski definition) is 2. The summed E-state index contributed by atoms with van der Waals surface area (Å²) in [5.74, 6) is 0. The summed E-state index contributed by atoms with van der Waals surface area (Å²) in [7, 11) is 0. The van der Waals surface area contributed by atoms with Crippen LogP contribution in [0.25, 0.3) is 0 Å². The minimum Gasteiger partial charge on any atom is -0.386 e. The Labute approximate surface area is 196 Å². The lowest BCUT2D eigenvalue weighted by Crippen LogP contribution is -2.33. The van der Waals surface area contributed by atoms with Gasteiger partial charge in [-0.2, -0.15) is 0 Å². The Morgan fingerprint density at radius 2 is 0.750 bits per heavy atom. The zero-order chi connectivity index (χ0) is 23.5. The molecular weight excluding hydrogens is 396 g/mol. The van der Waals surface area contributed by atoms with Crippen LogP contribution in [0.5, 0.6) is 0 Å². The molecule has 32 heavy (non-hydrogen) atoms. The lowest BCUT2D eigenvalue weighted by Gasteiger charge is -2.16. The maximum Gasteiger partial charge on any atom is 0.169 e. The van der Waals surface area contributed by atoms with E-state index in [0.29, 0.717) is 0 Å². The fourth-order valence-electron chi connectivity index (χ4n) is 4.03. The number of aromatic nitrogens is 2. The van der Waals surface area contributed by atoms with E-state index in [1.165, 1.54) is 64.2 Å². The molecule has 0 amide bonds. The Kier molecular flexibility index (Phi) is 10.8. The standard InChI is InChI=1S/C28H46N2O2/c1-27(2,31)25-15-21-29(22-16-25)19-13-11-9-7-5-6-8-10-12-14-20-30-23-17-26(18-24-30)28(3,4)32/h15-18,21-24,31-32H,5-14,19-20H2,1-4H3/q+2. The second-order valence-corrected chi connectivity index (χ2v) is 10.3. The topological polar surface area (TPSA) is 48.2 Å². The number of unbranched alkanes of at least 4 members (excludes halogenated alkanes) is 9. The molecule has 0 aromatic carbocycles. The lowest BCUT2D eigenvalue weighted by atomic mass is 10.00. The van der Waals surface area contributed by atoms with Gasteiger partial charge in [0.05, 0.1) is 11.2 Å². The van der Waals surface area contributed by atoms with Crippen LogP contribution in [-0.2, 0) is 24.3 Å². The van der Waals surface area contributed by atoms with Gasteiger partial charge in [-0.3, -0.25) is 0 Å². The van der Waals surface area contributed by atoms with Gasteiger partial charge in [-0.05, 0) is 51.7 Å². The predicted molar refractivity (Wildman–Crippen MR) is 130 cm³/mol. The van der Waals surface area contributed by atoms with Gasteiger partial charge in [0.2, 0.25) is 0 Å². The van der Waals surface area contributed by atoms with Crippen LogP contribution in [0.1, 0.15) is 103 Å². The van der Waals surface area contributed by atoms with Crippen LogP contribution in [-0.4, -0.2) is 10.2 Å². The van der Waals surface area contributed by atoms with E-state index in [1.807, 2.05) is 52.0 Å². The second kappa shape index (κ2) is 13.1. The van der Waals surface area contributed by atoms with Crippen molar-refractivity contribution >= 4 is 0 Å². The zero-order valence-corrected chi connectivity index (χ0v) is 20.9. The molecule has 4 heteroatoms. The Morgan fingerprint density at radius 3 is 1.00 bits per heavy atom. The van der Waals surface area contributed by atoms with Crippen LogP contribution in [0.2, 0.25) is 0 Å². The lowest BCUT2D eigenvalue weighted by molar-refractivity contribution is -0.697. The minimum atomic E-state index is -0.761. The molecule has 0 aliphatic heterocycles. The number of aliphatic hydroxyl groups is 2. The molecular formula is C28H46N2O2+2. The zero-order valence-electron chi connectivity index (χ0n) is 20.9. The summed E-state index contributed by atoms with van der Waals surface area (Å²) >= 11 is 0. The smallest absolute Gasteiger partial charge is 0.169 e. The average Bonchev–Trinajstić information content (AvgIpc) is 2.74. The predicted octanol–water partition coefficient (Wildman–Crippen LogP) is 5.32. The molecule has 0 saturated heterocycles. The van der Waals surface area contributed by atoms with Crippen molar-refractivity contribution in [2.75, 3.05) is 0 Å². The summed E-state index contributed by atoms with van der Waals surface area (Å²) in [4.78, 5) is 0. The van der Waals surface area contributed by atoms with Crippen molar-refractivity contribution in [1.82, 2.24) is 0 Å². The van der Waals surface area contributed by atoms with Crippen LogP contribution in [0.15, 0.2) is 49.1 Å². The third-order valence-corrected chi connectivity index (χ3v) is 6.28. The number of nitrogens with zero attached hydrogens (tertiary/aromatic N) is 2. The van der Waals surface area contributed by atoms with Gasteiger partial charge in [-0.15, -0.1) is 0 Å². The molecule has 0 aliphatic rings. The van der Waals surface area contributed by atoms with Gasteiger partial charge in [0.1, 0.15) is 13.1 Å². The maximum atomic E-state index is 10.0. The maximum absolute atomic E-state index is 10.0. The van der Waals surface area contributed by atoms with E-state index in [-0.39, 0.29) is 0 Å². The molecule has 0 saturated carbocycles. The van der Waals surface area contributed by atoms with E-state index in [2.05, 4.69) is 33.9 Å². The molecule has 4 nitrogen and oxygen atoms in total. The molecule has 0 spiro atoms. The molecule has 2 rings (SSSR count). The van der Waals surface area contributed by atoms with E-state index in [4.69, 9.17) is 0 Å². The monoisotopic (exact) mass is 442 g/mol. The van der Waals surface area contributed by atoms with Crippen molar-refractivity contribution in [1.29, 1.82) is 0 Å². The highest BCUT2D eigenvalue weighted by Crippen LogP contribution is 2.18. The number of rotatable bonds is 15. The fourth-order valence-corrected chi connectivity index (χ4v) is 4.03. The second-order valence-electron chi connectivity index (χ2n) is 10.3. The van der Waals surface area contributed by atoms with E-state index in [0.717, 1.165) is 24.2 Å². The average molecular weight is 443 g/mol. The van der Waals surface area contributed by atoms with Gasteiger partial charge in [-0.25, -0.2) is 9.13 Å². The summed E-state index contributed by atoms with van der Waals surface area (Å²) in [6, 6.07) is 8.08. The Morgan fingerprint density at radius 1 is 0.500 bits per heavy atom. The van der Waals surface area contributed by atoms with Gasteiger partial charge in [0.25, 0.3) is 0 Å². The first-order valence-corrected chi connectivity index (χ1v) is 12.6. The summed E-state index contributed by atoms with van der Waals surface area (Å²) < 4.78 is 4.44. The molecule has 2 N–H and O–H groups in total. The molecule has 0 aliphatic carbocycles. The van der Waals surface area contributed by atoms with Gasteiger partial charge < -0.3 is 10.2 Å². The molecule has 0 atom stereocenters. The van der Waals surface area contributed by atoms with Crippen LogP contribution < -0.4 is 9.13 Å². The van der Waals surface area contributed by atoms with E-state index in [1.54, 1.807) is 0 Å². The van der Waals surface area contributed by atoms with E-state index < -0.39 is 11.2 Å². The van der Waals surface area contributed by atoms with Crippen LogP contribution in [0.4, 0.5) is 0 Å². The van der Waals surface area contributed by atoms with E-state index >= 15 is 0 Å². The van der Waals surface area contributed by atoms with Crippen molar-refractivity contribution in [3.63, 3.8) is 0 Å². The summed E-state index contributed by atoms with van der Waals surface area (Å²) in [5.41, 5.74) is 0.410. The summed E-state index contributed by atoms with van der Waals surface area (Å²) in [6.45, 7) is 9.42.